The van der Waals surface area contributed by atoms with Crippen molar-refractivity contribution in [1.29, 1.82) is 0 Å². The third-order valence-electron chi connectivity index (χ3n) is 8.86. The molecular formula is C47H76N2O7. The maximum atomic E-state index is 12.7. The van der Waals surface area contributed by atoms with Gasteiger partial charge in [0.15, 0.2) is 0 Å². The number of aliphatic carboxylic acids is 1. The van der Waals surface area contributed by atoms with Crippen molar-refractivity contribution in [1.82, 2.24) is 10.6 Å². The number of aliphatic hydroxyl groups excluding tert-OH is 1. The fourth-order valence-electron chi connectivity index (χ4n) is 5.57. The van der Waals surface area contributed by atoms with Gasteiger partial charge >= 0.3 is 11.9 Å². The summed E-state index contributed by atoms with van der Waals surface area (Å²) in [5.41, 5.74) is 0. The fraction of sp³-hybridized carbons (Fsp3) is 0.617. The lowest BCUT2D eigenvalue weighted by Crippen LogP contribution is -2.47. The Morgan fingerprint density at radius 3 is 1.64 bits per heavy atom. The molecule has 9 nitrogen and oxygen atoms in total. The van der Waals surface area contributed by atoms with Crippen LogP contribution in [0.2, 0.25) is 0 Å². The topological polar surface area (TPSA) is 142 Å². The van der Waals surface area contributed by atoms with Crippen LogP contribution >= 0.6 is 0 Å². The molecule has 0 aromatic rings. The molecule has 2 unspecified atom stereocenters. The second-order valence-electron chi connectivity index (χ2n) is 14.0. The van der Waals surface area contributed by atoms with E-state index in [0.717, 1.165) is 77.0 Å². The fourth-order valence-corrected chi connectivity index (χ4v) is 5.57. The van der Waals surface area contributed by atoms with Crippen molar-refractivity contribution in [2.45, 2.75) is 174 Å². The molecule has 0 aliphatic rings. The summed E-state index contributed by atoms with van der Waals surface area (Å²) in [5.74, 6) is -2.52. The van der Waals surface area contributed by atoms with Crippen LogP contribution in [-0.4, -0.2) is 59.3 Å². The van der Waals surface area contributed by atoms with Crippen molar-refractivity contribution < 1.29 is 34.1 Å². The predicted octanol–water partition coefficient (Wildman–Crippen LogP) is 10.5. The number of nitrogens with one attached hydrogen (secondary N) is 2. The van der Waals surface area contributed by atoms with Crippen molar-refractivity contribution in [3.8, 4) is 0 Å². The number of hydrogen-bond acceptors (Lipinski definition) is 6. The zero-order valence-electron chi connectivity index (χ0n) is 34.9. The molecule has 0 bridgehead atoms. The number of unbranched alkanes of at least 4 members (excludes halogenated alkanes) is 11. The number of allylic oxidation sites excluding steroid dienone is 13. The summed E-state index contributed by atoms with van der Waals surface area (Å²) in [4.78, 5) is 47.7. The highest BCUT2D eigenvalue weighted by molar-refractivity contribution is 5.87. The molecule has 2 atom stereocenters. The third kappa shape index (κ3) is 37.0. The average molecular weight is 781 g/mol. The van der Waals surface area contributed by atoms with Gasteiger partial charge in [0.2, 0.25) is 11.8 Å². The number of carboxylic acid groups (broad SMARTS) is 1. The van der Waals surface area contributed by atoms with E-state index in [1.54, 1.807) is 0 Å². The molecule has 0 aliphatic heterocycles. The Bertz CT molecular complexity index is 1210. The molecule has 4 N–H and O–H groups in total. The predicted molar refractivity (Wildman–Crippen MR) is 231 cm³/mol. The van der Waals surface area contributed by atoms with E-state index in [2.05, 4.69) is 97.4 Å². The van der Waals surface area contributed by atoms with Gasteiger partial charge in [0.05, 0.1) is 13.2 Å². The molecule has 2 amide bonds. The molecule has 0 fully saturated rings. The summed E-state index contributed by atoms with van der Waals surface area (Å²) in [6.45, 7) is 3.26. The lowest BCUT2D eigenvalue weighted by molar-refractivity contribution is -0.147. The number of carboxylic acids is 1. The van der Waals surface area contributed by atoms with Crippen LogP contribution < -0.4 is 10.6 Å². The number of rotatable bonds is 37. The molecular weight excluding hydrogens is 705 g/mol. The van der Waals surface area contributed by atoms with Crippen LogP contribution in [0.5, 0.6) is 0 Å². The zero-order valence-corrected chi connectivity index (χ0v) is 34.9. The van der Waals surface area contributed by atoms with Gasteiger partial charge in [-0.3, -0.25) is 14.4 Å². The molecule has 0 radical (unpaired) electrons. The van der Waals surface area contributed by atoms with Gasteiger partial charge in [-0.05, 0) is 96.0 Å². The van der Waals surface area contributed by atoms with Gasteiger partial charge < -0.3 is 25.6 Å². The molecule has 56 heavy (non-hydrogen) atoms. The second-order valence-corrected chi connectivity index (χ2v) is 14.0. The van der Waals surface area contributed by atoms with Gasteiger partial charge in [0, 0.05) is 12.8 Å². The standard InChI is InChI=1S/C47H76N2O7/c1-3-5-7-9-11-13-15-16-17-18-19-20-21-22-24-26-28-30-35-39-46(53)56-42(36-32-29-27-25-23-14-12-10-8-6-4-2)37-33-31-34-38-44(51)48-40-45(52)49-43(41-50)47(54)55/h6,8,11-14,16-17,19-20,25,27,32,36,42-43,50H,3-5,7,9-10,15,18,21-24,26,28-31,33-35,37-41H2,1-2H3,(H,48,51)(H,49,52)(H,54,55)/b8-6-,13-11-,14-12-,17-16-,20-19-,27-25-,36-32-. The van der Waals surface area contributed by atoms with Crippen LogP contribution in [-0.2, 0) is 23.9 Å². The highest BCUT2D eigenvalue weighted by atomic mass is 16.5. The van der Waals surface area contributed by atoms with Crippen LogP contribution in [0.1, 0.15) is 162 Å². The summed E-state index contributed by atoms with van der Waals surface area (Å²) in [6.07, 6.45) is 51.9. The largest absolute Gasteiger partial charge is 0.480 e. The lowest BCUT2D eigenvalue weighted by atomic mass is 10.1. The van der Waals surface area contributed by atoms with Crippen LogP contribution in [0.15, 0.2) is 85.1 Å². The third-order valence-corrected chi connectivity index (χ3v) is 8.86. The first-order chi connectivity index (χ1) is 27.3. The van der Waals surface area contributed by atoms with Crippen LogP contribution in [0.25, 0.3) is 0 Å². The minimum atomic E-state index is -1.41. The molecule has 0 spiro atoms. The van der Waals surface area contributed by atoms with Gasteiger partial charge in [-0.2, -0.15) is 0 Å². The average Bonchev–Trinajstić information content (AvgIpc) is 3.18. The number of amides is 2. The normalized spacial score (nSPS) is 13.3. The number of carbonyl (C=O) groups excluding carboxylic acids is 3. The SMILES string of the molecule is CC/C=C\C/C=C\C/C=C\C/C=C\C(CCCCCC(=O)NCC(=O)NC(CO)C(=O)O)OC(=O)CCCCCCCC/C=C\C/C=C\C/C=C\CCCCC. The van der Waals surface area contributed by atoms with Crippen molar-refractivity contribution in [2.75, 3.05) is 13.2 Å². The Kier molecular flexibility index (Phi) is 37.8. The van der Waals surface area contributed by atoms with Crippen LogP contribution in [0.3, 0.4) is 0 Å². The van der Waals surface area contributed by atoms with E-state index in [1.807, 2.05) is 12.2 Å². The van der Waals surface area contributed by atoms with E-state index >= 15 is 0 Å². The van der Waals surface area contributed by atoms with Crippen LogP contribution in [0.4, 0.5) is 0 Å². The highest BCUT2D eigenvalue weighted by Gasteiger charge is 2.18. The highest BCUT2D eigenvalue weighted by Crippen LogP contribution is 2.14. The summed E-state index contributed by atoms with van der Waals surface area (Å²) in [6, 6.07) is -1.41. The smallest absolute Gasteiger partial charge is 0.328 e. The summed E-state index contributed by atoms with van der Waals surface area (Å²) < 4.78 is 5.86. The molecule has 0 aromatic heterocycles. The van der Waals surface area contributed by atoms with Crippen molar-refractivity contribution in [3.63, 3.8) is 0 Å². The van der Waals surface area contributed by atoms with Crippen molar-refractivity contribution >= 4 is 23.8 Å². The Balaban J connectivity index is 4.45. The second kappa shape index (κ2) is 40.7. The number of esters is 1. The van der Waals surface area contributed by atoms with Gasteiger partial charge in [0.1, 0.15) is 12.1 Å². The Morgan fingerprint density at radius 2 is 1.07 bits per heavy atom. The lowest BCUT2D eigenvalue weighted by Gasteiger charge is -2.15. The maximum Gasteiger partial charge on any atom is 0.328 e. The molecule has 0 aromatic carbocycles. The molecule has 9 heteroatoms. The van der Waals surface area contributed by atoms with Crippen LogP contribution in [0, 0.1) is 0 Å². The van der Waals surface area contributed by atoms with Gasteiger partial charge in [-0.25, -0.2) is 4.79 Å². The monoisotopic (exact) mass is 781 g/mol. The molecule has 0 rings (SSSR count). The molecule has 0 saturated carbocycles. The molecule has 0 aliphatic carbocycles. The van der Waals surface area contributed by atoms with E-state index in [1.165, 1.54) is 44.9 Å². The maximum absolute atomic E-state index is 12.7. The van der Waals surface area contributed by atoms with Crippen molar-refractivity contribution in [3.05, 3.63) is 85.1 Å². The Labute approximate surface area is 339 Å². The molecule has 316 valence electrons. The minimum absolute atomic E-state index is 0.177. The molecule has 0 saturated heterocycles. The number of hydrogen-bond donors (Lipinski definition) is 4. The number of carbonyl (C=O) groups is 4. The zero-order chi connectivity index (χ0) is 41.2. The first kappa shape index (κ1) is 52.0. The van der Waals surface area contributed by atoms with Crippen molar-refractivity contribution in [2.24, 2.45) is 0 Å². The van der Waals surface area contributed by atoms with E-state index in [0.29, 0.717) is 19.3 Å². The number of aliphatic hydroxyl groups is 1. The Hall–Kier alpha value is -3.98. The quantitative estimate of drug-likeness (QED) is 0.0279. The van der Waals surface area contributed by atoms with E-state index in [4.69, 9.17) is 14.9 Å². The minimum Gasteiger partial charge on any atom is -0.480 e. The first-order valence-corrected chi connectivity index (χ1v) is 21.5. The van der Waals surface area contributed by atoms with Gasteiger partial charge in [-0.15, -0.1) is 0 Å². The van der Waals surface area contributed by atoms with Gasteiger partial charge in [0.25, 0.3) is 0 Å². The summed E-state index contributed by atoms with van der Waals surface area (Å²) in [5, 5.41) is 22.6. The Morgan fingerprint density at radius 1 is 0.571 bits per heavy atom. The van der Waals surface area contributed by atoms with E-state index in [-0.39, 0.29) is 30.9 Å². The van der Waals surface area contributed by atoms with E-state index in [9.17, 15) is 19.2 Å². The summed E-state index contributed by atoms with van der Waals surface area (Å²) in [7, 11) is 0. The first-order valence-electron chi connectivity index (χ1n) is 21.5. The molecule has 0 heterocycles. The van der Waals surface area contributed by atoms with Gasteiger partial charge in [-0.1, -0.05) is 138 Å². The number of ether oxygens (including phenoxy) is 1. The summed E-state index contributed by atoms with van der Waals surface area (Å²) >= 11 is 0. The van der Waals surface area contributed by atoms with E-state index < -0.39 is 24.5 Å².